The van der Waals surface area contributed by atoms with E-state index in [0.29, 0.717) is 30.2 Å². The molecule has 1 atom stereocenters. The maximum Gasteiger partial charge on any atom is 0.318 e. The molecule has 0 radical (unpaired) electrons. The van der Waals surface area contributed by atoms with E-state index in [9.17, 15) is 9.18 Å². The number of hydrogen-bond acceptors (Lipinski definition) is 2. The first-order chi connectivity index (χ1) is 12.1. The van der Waals surface area contributed by atoms with E-state index in [4.69, 9.17) is 0 Å². The monoisotopic (exact) mass is 342 g/mol. The van der Waals surface area contributed by atoms with Crippen LogP contribution in [0.3, 0.4) is 0 Å². The summed E-state index contributed by atoms with van der Waals surface area (Å²) in [5, 5.41) is 2.97. The summed E-state index contributed by atoms with van der Waals surface area (Å²) in [7, 11) is 0. The number of carbonyl (C=O) groups is 1. The van der Waals surface area contributed by atoms with Gasteiger partial charge in [0.15, 0.2) is 0 Å². The number of benzene rings is 1. The summed E-state index contributed by atoms with van der Waals surface area (Å²) >= 11 is 0. The van der Waals surface area contributed by atoms with Crippen molar-refractivity contribution < 1.29 is 9.18 Å². The first-order valence-corrected chi connectivity index (χ1v) is 8.96. The lowest BCUT2D eigenvalue weighted by Gasteiger charge is -2.29. The fourth-order valence-electron chi connectivity index (χ4n) is 3.38. The highest BCUT2D eigenvalue weighted by atomic mass is 19.1. The Bertz CT molecular complexity index is 753. The molecule has 132 valence electrons. The van der Waals surface area contributed by atoms with Crippen molar-refractivity contribution >= 4 is 6.03 Å². The number of nitrogens with one attached hydrogen (secondary N) is 1. The molecular weight excluding hydrogens is 319 g/mol. The summed E-state index contributed by atoms with van der Waals surface area (Å²) in [6.45, 7) is 2.48. The minimum Gasteiger partial charge on any atom is -0.334 e. The largest absolute Gasteiger partial charge is 0.334 e. The third-order valence-corrected chi connectivity index (χ3v) is 5.16. The molecule has 2 aromatic rings. The number of aromatic nitrogens is 2. The third-order valence-electron chi connectivity index (χ3n) is 5.16. The Labute approximate surface area is 146 Å². The van der Waals surface area contributed by atoms with Crippen molar-refractivity contribution in [1.29, 1.82) is 0 Å². The van der Waals surface area contributed by atoms with Gasteiger partial charge in [0.05, 0.1) is 12.0 Å². The molecule has 1 N–H and O–H groups in total. The predicted octanol–water partition coefficient (Wildman–Crippen LogP) is 3.48. The normalized spacial score (nSPS) is 18.0. The van der Waals surface area contributed by atoms with Gasteiger partial charge in [-0.1, -0.05) is 6.07 Å². The van der Waals surface area contributed by atoms with E-state index in [2.05, 4.69) is 17.2 Å². The molecule has 5 nitrogen and oxygen atoms in total. The van der Waals surface area contributed by atoms with E-state index >= 15 is 0 Å². The molecule has 0 spiro atoms. The Balaban J connectivity index is 1.40. The lowest BCUT2D eigenvalue weighted by atomic mass is 10.1. The molecule has 2 amide bonds. The number of urea groups is 1. The van der Waals surface area contributed by atoms with Crippen LogP contribution in [0.4, 0.5) is 9.18 Å². The maximum atomic E-state index is 14.3. The number of amides is 2. The van der Waals surface area contributed by atoms with E-state index in [1.807, 2.05) is 11.0 Å². The van der Waals surface area contributed by atoms with Gasteiger partial charge in [0.1, 0.15) is 5.82 Å². The van der Waals surface area contributed by atoms with Gasteiger partial charge in [-0.15, -0.1) is 0 Å². The van der Waals surface area contributed by atoms with Crippen molar-refractivity contribution in [2.75, 3.05) is 0 Å². The standard InChI is InChI=1S/C19H23FN4O/c1-13(15-3-4-15)24(16-5-6-16)19(25)22-11-14-2-7-18(17(20)10-14)23-9-8-21-12-23/h2,7-10,12-13,15-16H,3-6,11H2,1H3,(H,22,25)/t13-/m0/s1. The first-order valence-electron chi connectivity index (χ1n) is 8.96. The molecule has 0 bridgehead atoms. The molecule has 25 heavy (non-hydrogen) atoms. The highest BCUT2D eigenvalue weighted by molar-refractivity contribution is 5.75. The minimum atomic E-state index is -0.324. The molecule has 2 fully saturated rings. The lowest BCUT2D eigenvalue weighted by Crippen LogP contribution is -2.47. The minimum absolute atomic E-state index is 0.0269. The van der Waals surface area contributed by atoms with Crippen molar-refractivity contribution in [3.05, 3.63) is 48.3 Å². The molecule has 0 unspecified atom stereocenters. The number of rotatable bonds is 6. The summed E-state index contributed by atoms with van der Waals surface area (Å²) < 4.78 is 15.9. The Hall–Kier alpha value is -2.37. The molecule has 2 aliphatic carbocycles. The fraction of sp³-hybridized carbons (Fsp3) is 0.474. The van der Waals surface area contributed by atoms with Gasteiger partial charge in [-0.2, -0.15) is 0 Å². The fourth-order valence-corrected chi connectivity index (χ4v) is 3.38. The average Bonchev–Trinajstić information content (AvgIpc) is 3.53. The van der Waals surface area contributed by atoms with Crippen LogP contribution in [0, 0.1) is 11.7 Å². The zero-order valence-corrected chi connectivity index (χ0v) is 14.4. The number of imidazole rings is 1. The Kier molecular flexibility index (Phi) is 4.19. The van der Waals surface area contributed by atoms with Crippen molar-refractivity contribution in [2.45, 2.75) is 51.2 Å². The van der Waals surface area contributed by atoms with Gasteiger partial charge in [-0.05, 0) is 56.2 Å². The summed E-state index contributed by atoms with van der Waals surface area (Å²) in [5.74, 6) is 0.327. The lowest BCUT2D eigenvalue weighted by molar-refractivity contribution is 0.166. The second kappa shape index (κ2) is 6.50. The van der Waals surface area contributed by atoms with Gasteiger partial charge >= 0.3 is 6.03 Å². The number of nitrogens with zero attached hydrogens (tertiary/aromatic N) is 3. The van der Waals surface area contributed by atoms with Gasteiger partial charge in [0.25, 0.3) is 0 Å². The van der Waals surface area contributed by atoms with Crippen LogP contribution in [0.5, 0.6) is 0 Å². The van der Waals surface area contributed by atoms with Crippen LogP contribution in [0.1, 0.15) is 38.2 Å². The van der Waals surface area contributed by atoms with Gasteiger partial charge in [-0.25, -0.2) is 14.2 Å². The van der Waals surface area contributed by atoms with Crippen molar-refractivity contribution in [3.63, 3.8) is 0 Å². The molecule has 6 heteroatoms. The SMILES string of the molecule is C[C@@H](C1CC1)N(C(=O)NCc1ccc(-n2ccnc2)c(F)c1)C1CC1. The van der Waals surface area contributed by atoms with Gasteiger partial charge < -0.3 is 14.8 Å². The molecule has 2 aliphatic rings. The number of hydrogen-bond donors (Lipinski definition) is 1. The van der Waals surface area contributed by atoms with E-state index in [1.54, 1.807) is 29.4 Å². The van der Waals surface area contributed by atoms with Gasteiger partial charge in [0, 0.05) is 31.0 Å². The zero-order valence-electron chi connectivity index (χ0n) is 14.4. The van der Waals surface area contributed by atoms with E-state index < -0.39 is 0 Å². The maximum absolute atomic E-state index is 14.3. The molecular formula is C19H23FN4O. The van der Waals surface area contributed by atoms with Crippen molar-refractivity contribution in [3.8, 4) is 5.69 Å². The van der Waals surface area contributed by atoms with Crippen LogP contribution in [-0.2, 0) is 6.54 Å². The Morgan fingerprint density at radius 2 is 2.20 bits per heavy atom. The molecule has 2 saturated carbocycles. The Morgan fingerprint density at radius 3 is 2.80 bits per heavy atom. The summed E-state index contributed by atoms with van der Waals surface area (Å²) in [6, 6.07) is 5.68. The zero-order chi connectivity index (χ0) is 17.4. The number of carbonyl (C=O) groups excluding carboxylic acids is 1. The van der Waals surface area contributed by atoms with Crippen molar-refractivity contribution in [1.82, 2.24) is 19.8 Å². The van der Waals surface area contributed by atoms with E-state index in [0.717, 1.165) is 18.4 Å². The molecule has 4 rings (SSSR count). The second-order valence-electron chi connectivity index (χ2n) is 7.13. The summed E-state index contributed by atoms with van der Waals surface area (Å²) in [5.41, 5.74) is 1.21. The van der Waals surface area contributed by atoms with Crippen LogP contribution in [0.15, 0.2) is 36.9 Å². The number of halogens is 1. The summed E-state index contributed by atoms with van der Waals surface area (Å²) in [4.78, 5) is 18.6. The second-order valence-corrected chi connectivity index (χ2v) is 7.13. The van der Waals surface area contributed by atoms with Crippen LogP contribution >= 0.6 is 0 Å². The molecule has 1 heterocycles. The molecule has 0 aliphatic heterocycles. The smallest absolute Gasteiger partial charge is 0.318 e. The topological polar surface area (TPSA) is 50.2 Å². The average molecular weight is 342 g/mol. The predicted molar refractivity (Wildman–Crippen MR) is 92.8 cm³/mol. The quantitative estimate of drug-likeness (QED) is 0.874. The van der Waals surface area contributed by atoms with Crippen LogP contribution in [0.25, 0.3) is 5.69 Å². The van der Waals surface area contributed by atoms with Crippen LogP contribution in [-0.4, -0.2) is 32.6 Å². The molecule has 1 aromatic carbocycles. The molecule has 0 saturated heterocycles. The van der Waals surface area contributed by atoms with Crippen LogP contribution < -0.4 is 5.32 Å². The Morgan fingerprint density at radius 1 is 1.40 bits per heavy atom. The highest BCUT2D eigenvalue weighted by Crippen LogP contribution is 2.39. The first kappa shape index (κ1) is 16.1. The van der Waals surface area contributed by atoms with Crippen molar-refractivity contribution in [2.24, 2.45) is 5.92 Å². The van der Waals surface area contributed by atoms with E-state index in [1.165, 1.54) is 18.9 Å². The van der Waals surface area contributed by atoms with Gasteiger partial charge in [0.2, 0.25) is 0 Å². The molecule has 1 aromatic heterocycles. The van der Waals surface area contributed by atoms with E-state index in [-0.39, 0.29) is 11.8 Å². The highest BCUT2D eigenvalue weighted by Gasteiger charge is 2.41. The third kappa shape index (κ3) is 3.52. The summed E-state index contributed by atoms with van der Waals surface area (Å²) in [6.07, 6.45) is 9.51. The van der Waals surface area contributed by atoms with Gasteiger partial charge in [-0.3, -0.25) is 0 Å². The van der Waals surface area contributed by atoms with Crippen LogP contribution in [0.2, 0.25) is 0 Å².